The zero-order valence-electron chi connectivity index (χ0n) is 20.3. The molecule has 0 bridgehead atoms. The number of benzene rings is 2. The van der Waals surface area contributed by atoms with Crippen molar-refractivity contribution in [2.24, 2.45) is 0 Å². The first-order valence-electron chi connectivity index (χ1n) is 11.6. The number of methoxy groups -OCH3 is 1. The summed E-state index contributed by atoms with van der Waals surface area (Å²) in [6.45, 7) is 6.32. The number of amides is 1. The quantitative estimate of drug-likeness (QED) is 0.252. The first-order chi connectivity index (χ1) is 17.3. The summed E-state index contributed by atoms with van der Waals surface area (Å²) in [6.07, 6.45) is 0. The number of non-ortho nitro benzene ring substituents is 1. The van der Waals surface area contributed by atoms with Crippen molar-refractivity contribution in [1.29, 1.82) is 0 Å². The number of fused-ring (bicyclic) bond motifs is 1. The maximum atomic E-state index is 13.7. The zero-order chi connectivity index (χ0) is 26.0. The van der Waals surface area contributed by atoms with Crippen molar-refractivity contribution < 1.29 is 28.8 Å². The van der Waals surface area contributed by atoms with Gasteiger partial charge in [0.25, 0.3) is 11.6 Å². The number of Topliss-reactive ketones (excluding diaryl/α,β-unsaturated/α-hetero) is 1. The molecule has 1 N–H and O–H groups in total. The van der Waals surface area contributed by atoms with E-state index >= 15 is 0 Å². The number of nitro groups is 1. The Morgan fingerprint density at radius 2 is 1.89 bits per heavy atom. The maximum absolute atomic E-state index is 13.7. The van der Waals surface area contributed by atoms with Crippen molar-refractivity contribution in [2.45, 2.75) is 19.9 Å². The van der Waals surface area contributed by atoms with E-state index in [9.17, 15) is 24.8 Å². The summed E-state index contributed by atoms with van der Waals surface area (Å²) in [5.74, 6) is -1.59. The molecule has 3 aromatic rings. The molecule has 2 aromatic carbocycles. The fraction of sp³-hybridized carbons (Fsp3) is 0.308. The number of carbonyl (C=O) groups excluding carboxylic acids is 2. The molecule has 1 atom stereocenters. The number of ether oxygens (including phenoxy) is 1. The predicted octanol–water partition coefficient (Wildman–Crippen LogP) is 4.27. The summed E-state index contributed by atoms with van der Waals surface area (Å²) in [5, 5.41) is 22.7. The van der Waals surface area contributed by atoms with E-state index in [1.807, 2.05) is 13.8 Å². The van der Waals surface area contributed by atoms with Gasteiger partial charge in [-0.05, 0) is 42.9 Å². The Morgan fingerprint density at radius 3 is 2.50 bits per heavy atom. The zero-order valence-corrected chi connectivity index (χ0v) is 20.3. The lowest BCUT2D eigenvalue weighted by Crippen LogP contribution is -2.38. The van der Waals surface area contributed by atoms with Gasteiger partial charge in [0.1, 0.15) is 0 Å². The molecular weight excluding hydrogens is 466 g/mol. The van der Waals surface area contributed by atoms with Crippen LogP contribution in [0.25, 0.3) is 11.0 Å². The van der Waals surface area contributed by atoms with Crippen molar-refractivity contribution in [3.63, 3.8) is 0 Å². The summed E-state index contributed by atoms with van der Waals surface area (Å²) in [6, 6.07) is 11.4. The third-order valence-corrected chi connectivity index (χ3v) is 6.47. The largest absolute Gasteiger partial charge is 0.503 e. The average molecular weight is 494 g/mol. The fourth-order valence-corrected chi connectivity index (χ4v) is 4.47. The minimum atomic E-state index is -0.934. The van der Waals surface area contributed by atoms with Crippen molar-refractivity contribution in [3.05, 3.63) is 81.3 Å². The Balaban J connectivity index is 1.77. The highest BCUT2D eigenvalue weighted by Gasteiger charge is 2.44. The van der Waals surface area contributed by atoms with Crippen LogP contribution in [-0.2, 0) is 4.79 Å². The molecule has 10 nitrogen and oxygen atoms in total. The number of aliphatic hydroxyl groups is 1. The summed E-state index contributed by atoms with van der Waals surface area (Å²) in [4.78, 5) is 41.0. The molecule has 188 valence electrons. The number of furan rings is 1. The number of ketones is 1. The van der Waals surface area contributed by atoms with Crippen LogP contribution in [0.4, 0.5) is 5.69 Å². The van der Waals surface area contributed by atoms with Crippen molar-refractivity contribution >= 4 is 28.3 Å². The summed E-state index contributed by atoms with van der Waals surface area (Å²) >= 11 is 0. The van der Waals surface area contributed by atoms with Gasteiger partial charge in [-0.2, -0.15) is 0 Å². The Labute approximate surface area is 207 Å². The van der Waals surface area contributed by atoms with Crippen LogP contribution in [0, 0.1) is 10.1 Å². The molecule has 0 spiro atoms. The van der Waals surface area contributed by atoms with Crippen LogP contribution in [-0.4, -0.2) is 64.8 Å². The van der Waals surface area contributed by atoms with Crippen LogP contribution < -0.4 is 4.74 Å². The van der Waals surface area contributed by atoms with E-state index < -0.39 is 28.4 Å². The first kappa shape index (κ1) is 24.9. The van der Waals surface area contributed by atoms with E-state index in [2.05, 4.69) is 4.90 Å². The van der Waals surface area contributed by atoms with Crippen LogP contribution in [0.5, 0.6) is 5.75 Å². The second-order valence-corrected chi connectivity index (χ2v) is 8.36. The Kier molecular flexibility index (Phi) is 7.07. The van der Waals surface area contributed by atoms with Gasteiger partial charge in [-0.15, -0.1) is 0 Å². The lowest BCUT2D eigenvalue weighted by atomic mass is 9.95. The molecule has 1 aliphatic rings. The normalized spacial score (nSPS) is 15.8. The van der Waals surface area contributed by atoms with Gasteiger partial charge in [-0.1, -0.05) is 26.0 Å². The second kappa shape index (κ2) is 10.2. The summed E-state index contributed by atoms with van der Waals surface area (Å²) in [7, 11) is 1.49. The van der Waals surface area contributed by atoms with Crippen LogP contribution in [0.2, 0.25) is 0 Å². The summed E-state index contributed by atoms with van der Waals surface area (Å²) < 4.78 is 11.1. The molecular formula is C26H27N3O7. The van der Waals surface area contributed by atoms with Crippen LogP contribution >= 0.6 is 0 Å². The molecule has 0 fully saturated rings. The van der Waals surface area contributed by atoms with Gasteiger partial charge in [-0.25, -0.2) is 0 Å². The van der Waals surface area contributed by atoms with Gasteiger partial charge in [-0.3, -0.25) is 19.7 Å². The van der Waals surface area contributed by atoms with E-state index in [1.54, 1.807) is 18.2 Å². The fourth-order valence-electron chi connectivity index (χ4n) is 4.47. The van der Waals surface area contributed by atoms with Gasteiger partial charge in [0.15, 0.2) is 22.9 Å². The third kappa shape index (κ3) is 4.42. The minimum absolute atomic E-state index is 0.0543. The number of likely N-dealkylation sites (N-methyl/N-ethyl adjacent to an activating group) is 1. The number of hydrogen-bond acceptors (Lipinski definition) is 8. The number of aliphatic hydroxyl groups excluding tert-OH is 1. The summed E-state index contributed by atoms with van der Waals surface area (Å²) in [5.41, 5.74) is 0.585. The Morgan fingerprint density at radius 1 is 1.19 bits per heavy atom. The molecule has 0 aliphatic carbocycles. The SMILES string of the molecule is CCN(CC)CCN1C(=O)C(O)=C(C(=O)c2cc3cccc(OC)c3o2)[C@H]1c1ccc([N+](=O)[O-])cc1. The van der Waals surface area contributed by atoms with E-state index in [1.165, 1.54) is 42.3 Å². The van der Waals surface area contributed by atoms with Gasteiger partial charge < -0.3 is 24.1 Å². The topological polar surface area (TPSA) is 126 Å². The first-order valence-corrected chi connectivity index (χ1v) is 11.6. The second-order valence-electron chi connectivity index (χ2n) is 8.36. The monoisotopic (exact) mass is 493 g/mol. The maximum Gasteiger partial charge on any atom is 0.290 e. The van der Waals surface area contributed by atoms with Crippen LogP contribution in [0.15, 0.2) is 64.3 Å². The molecule has 1 aliphatic heterocycles. The standard InChI is InChI=1S/C26H27N3O7/c1-4-27(5-2)13-14-28-22(16-9-11-18(12-10-16)29(33)34)21(24(31)26(28)32)23(30)20-15-17-7-6-8-19(35-3)25(17)36-20/h6-12,15,22,31H,4-5,13-14H2,1-3H3/t22-/m1/s1. The molecule has 4 rings (SSSR count). The van der Waals surface area contributed by atoms with Crippen molar-refractivity contribution in [2.75, 3.05) is 33.3 Å². The molecule has 2 heterocycles. The molecule has 1 amide bonds. The number of nitro benzene ring substituents is 1. The average Bonchev–Trinajstić information content (AvgIpc) is 3.43. The van der Waals surface area contributed by atoms with Crippen molar-refractivity contribution in [3.8, 4) is 5.75 Å². The Bertz CT molecular complexity index is 1340. The number of hydrogen-bond donors (Lipinski definition) is 1. The number of nitrogens with zero attached hydrogens (tertiary/aromatic N) is 3. The number of carbonyl (C=O) groups is 2. The lowest BCUT2D eigenvalue weighted by Gasteiger charge is -2.29. The van der Waals surface area contributed by atoms with E-state index in [-0.39, 0.29) is 23.6 Å². The van der Waals surface area contributed by atoms with Gasteiger partial charge in [0.05, 0.1) is 23.6 Å². The minimum Gasteiger partial charge on any atom is -0.503 e. The van der Waals surface area contributed by atoms with Gasteiger partial charge in [0.2, 0.25) is 5.78 Å². The molecule has 0 radical (unpaired) electrons. The molecule has 1 aromatic heterocycles. The highest BCUT2D eigenvalue weighted by molar-refractivity contribution is 6.16. The molecule has 0 saturated heterocycles. The van der Waals surface area contributed by atoms with Gasteiger partial charge in [0, 0.05) is 30.6 Å². The number of rotatable bonds is 10. The smallest absolute Gasteiger partial charge is 0.290 e. The van der Waals surface area contributed by atoms with Crippen molar-refractivity contribution in [1.82, 2.24) is 9.80 Å². The molecule has 0 saturated carbocycles. The lowest BCUT2D eigenvalue weighted by molar-refractivity contribution is -0.384. The highest BCUT2D eigenvalue weighted by Crippen LogP contribution is 2.40. The predicted molar refractivity (Wildman–Crippen MR) is 132 cm³/mol. The number of para-hydroxylation sites is 1. The van der Waals surface area contributed by atoms with Crippen LogP contribution in [0.1, 0.15) is 36.0 Å². The Hall–Kier alpha value is -4.18. The van der Waals surface area contributed by atoms with Crippen LogP contribution in [0.3, 0.4) is 0 Å². The van der Waals surface area contributed by atoms with E-state index in [0.29, 0.717) is 28.8 Å². The molecule has 36 heavy (non-hydrogen) atoms. The molecule has 10 heteroatoms. The van der Waals surface area contributed by atoms with E-state index in [0.717, 1.165) is 13.1 Å². The third-order valence-electron chi connectivity index (χ3n) is 6.47. The van der Waals surface area contributed by atoms with Gasteiger partial charge >= 0.3 is 0 Å². The van der Waals surface area contributed by atoms with E-state index in [4.69, 9.17) is 9.15 Å². The molecule has 0 unspecified atom stereocenters. The highest BCUT2D eigenvalue weighted by atomic mass is 16.6.